The summed E-state index contributed by atoms with van der Waals surface area (Å²) in [5.41, 5.74) is 0. The number of halogens is 1. The highest BCUT2D eigenvalue weighted by atomic mass is 35.5. The molecule has 1 nitrogen and oxygen atoms in total. The Morgan fingerprint density at radius 2 is 2.50 bits per heavy atom. The fourth-order valence-electron chi connectivity index (χ4n) is 1.32. The van der Waals surface area contributed by atoms with Crippen LogP contribution in [0.4, 0.5) is 0 Å². The second kappa shape index (κ2) is 6.11. The van der Waals surface area contributed by atoms with Gasteiger partial charge in [0, 0.05) is 17.7 Å². The highest BCUT2D eigenvalue weighted by Gasteiger charge is 2.15. The standard InChI is InChI=1S/C9H17ClOS/c1-8(7-10)12-6-4-9-3-2-5-11-9/h8-9H,2-7H2,1H3. The third kappa shape index (κ3) is 4.01. The van der Waals surface area contributed by atoms with Crippen molar-refractivity contribution in [3.63, 3.8) is 0 Å². The van der Waals surface area contributed by atoms with Gasteiger partial charge < -0.3 is 4.74 Å². The number of thioether (sulfide) groups is 1. The summed E-state index contributed by atoms with van der Waals surface area (Å²) in [5, 5.41) is 0.591. The van der Waals surface area contributed by atoms with Crippen LogP contribution in [0.25, 0.3) is 0 Å². The minimum atomic E-state index is 0.542. The van der Waals surface area contributed by atoms with E-state index in [-0.39, 0.29) is 0 Å². The lowest BCUT2D eigenvalue weighted by Crippen LogP contribution is -2.08. The van der Waals surface area contributed by atoms with Crippen molar-refractivity contribution < 1.29 is 4.74 Å². The van der Waals surface area contributed by atoms with Gasteiger partial charge in [0.15, 0.2) is 0 Å². The zero-order valence-corrected chi connectivity index (χ0v) is 9.16. The Morgan fingerprint density at radius 3 is 3.08 bits per heavy atom. The fourth-order valence-corrected chi connectivity index (χ4v) is 2.47. The SMILES string of the molecule is CC(CCl)SCCC1CCCO1. The van der Waals surface area contributed by atoms with Crippen molar-refractivity contribution in [2.45, 2.75) is 37.5 Å². The zero-order valence-electron chi connectivity index (χ0n) is 7.59. The first kappa shape index (κ1) is 10.7. The van der Waals surface area contributed by atoms with E-state index >= 15 is 0 Å². The van der Waals surface area contributed by atoms with Gasteiger partial charge in [-0.2, -0.15) is 11.8 Å². The van der Waals surface area contributed by atoms with Gasteiger partial charge in [0.2, 0.25) is 0 Å². The number of hydrogen-bond donors (Lipinski definition) is 0. The van der Waals surface area contributed by atoms with Gasteiger partial charge in [-0.25, -0.2) is 0 Å². The van der Waals surface area contributed by atoms with Gasteiger partial charge in [-0.1, -0.05) is 6.92 Å². The summed E-state index contributed by atoms with van der Waals surface area (Å²) in [7, 11) is 0. The lowest BCUT2D eigenvalue weighted by Gasteiger charge is -2.10. The minimum absolute atomic E-state index is 0.542. The molecule has 1 heterocycles. The summed E-state index contributed by atoms with van der Waals surface area (Å²) in [6.07, 6.45) is 4.25. The molecule has 1 rings (SSSR count). The molecular formula is C9H17ClOS. The van der Waals surface area contributed by atoms with Crippen molar-refractivity contribution in [1.29, 1.82) is 0 Å². The van der Waals surface area contributed by atoms with Crippen molar-refractivity contribution in [2.24, 2.45) is 0 Å². The van der Waals surface area contributed by atoms with Crippen LogP contribution in [-0.2, 0) is 4.74 Å². The van der Waals surface area contributed by atoms with Crippen molar-refractivity contribution in [3.05, 3.63) is 0 Å². The van der Waals surface area contributed by atoms with Gasteiger partial charge >= 0.3 is 0 Å². The van der Waals surface area contributed by atoms with E-state index in [9.17, 15) is 0 Å². The van der Waals surface area contributed by atoms with Crippen molar-refractivity contribution in [2.75, 3.05) is 18.2 Å². The molecular weight excluding hydrogens is 192 g/mol. The van der Waals surface area contributed by atoms with Gasteiger partial charge in [-0.3, -0.25) is 0 Å². The molecule has 0 aliphatic carbocycles. The molecule has 0 bridgehead atoms. The van der Waals surface area contributed by atoms with E-state index in [4.69, 9.17) is 16.3 Å². The Bertz CT molecular complexity index is 115. The van der Waals surface area contributed by atoms with E-state index < -0.39 is 0 Å². The van der Waals surface area contributed by atoms with Gasteiger partial charge in [0.25, 0.3) is 0 Å². The number of ether oxygens (including phenoxy) is 1. The molecule has 0 N–H and O–H groups in total. The van der Waals surface area contributed by atoms with E-state index in [1.807, 2.05) is 11.8 Å². The summed E-state index contributed by atoms with van der Waals surface area (Å²) in [6, 6.07) is 0. The van der Waals surface area contributed by atoms with Crippen LogP contribution in [0, 0.1) is 0 Å². The quantitative estimate of drug-likeness (QED) is 0.643. The summed E-state index contributed by atoms with van der Waals surface area (Å²) >= 11 is 7.65. The molecule has 12 heavy (non-hydrogen) atoms. The Labute approximate surface area is 84.2 Å². The van der Waals surface area contributed by atoms with Crippen molar-refractivity contribution >= 4 is 23.4 Å². The number of alkyl halides is 1. The smallest absolute Gasteiger partial charge is 0.0583 e. The van der Waals surface area contributed by atoms with Crippen LogP contribution in [0.1, 0.15) is 26.2 Å². The predicted molar refractivity (Wildman–Crippen MR) is 56.2 cm³/mol. The van der Waals surface area contributed by atoms with E-state index in [1.165, 1.54) is 25.0 Å². The average molecular weight is 209 g/mol. The predicted octanol–water partition coefficient (Wildman–Crippen LogP) is 2.92. The molecule has 0 spiro atoms. The molecule has 1 aliphatic heterocycles. The minimum Gasteiger partial charge on any atom is -0.378 e. The van der Waals surface area contributed by atoms with Crippen molar-refractivity contribution in [3.8, 4) is 0 Å². The normalized spacial score (nSPS) is 26.0. The van der Waals surface area contributed by atoms with Crippen LogP contribution in [0.3, 0.4) is 0 Å². The summed E-state index contributed by atoms with van der Waals surface area (Å²) in [4.78, 5) is 0. The molecule has 0 amide bonds. The molecule has 0 saturated carbocycles. The summed E-state index contributed by atoms with van der Waals surface area (Å²) < 4.78 is 5.52. The highest BCUT2D eigenvalue weighted by Crippen LogP contribution is 2.20. The first-order valence-corrected chi connectivity index (χ1v) is 6.20. The summed E-state index contributed by atoms with van der Waals surface area (Å²) in [6.45, 7) is 3.15. The monoisotopic (exact) mass is 208 g/mol. The van der Waals surface area contributed by atoms with Crippen LogP contribution in [0.2, 0.25) is 0 Å². The Balaban J connectivity index is 1.94. The third-order valence-corrected chi connectivity index (χ3v) is 3.94. The Kier molecular flexibility index (Phi) is 5.44. The molecule has 2 atom stereocenters. The average Bonchev–Trinajstić information content (AvgIpc) is 2.57. The molecule has 1 aliphatic rings. The molecule has 1 fully saturated rings. The molecule has 1 saturated heterocycles. The maximum Gasteiger partial charge on any atom is 0.0583 e. The second-order valence-electron chi connectivity index (χ2n) is 3.26. The number of hydrogen-bond acceptors (Lipinski definition) is 2. The number of rotatable bonds is 5. The molecule has 0 aromatic rings. The molecule has 3 heteroatoms. The van der Waals surface area contributed by atoms with Crippen LogP contribution in [0.5, 0.6) is 0 Å². The Hall–Kier alpha value is 0.600. The Morgan fingerprint density at radius 1 is 1.67 bits per heavy atom. The van der Waals surface area contributed by atoms with E-state index in [0.717, 1.165) is 12.5 Å². The first-order valence-electron chi connectivity index (χ1n) is 4.62. The van der Waals surface area contributed by atoms with Crippen LogP contribution >= 0.6 is 23.4 Å². The van der Waals surface area contributed by atoms with E-state index in [2.05, 4.69) is 6.92 Å². The fraction of sp³-hybridized carbons (Fsp3) is 1.00. The maximum atomic E-state index is 5.70. The van der Waals surface area contributed by atoms with E-state index in [1.54, 1.807) is 0 Å². The lowest BCUT2D eigenvalue weighted by atomic mass is 10.2. The molecule has 2 unspecified atom stereocenters. The third-order valence-electron chi connectivity index (χ3n) is 2.08. The second-order valence-corrected chi connectivity index (χ2v) is 5.11. The van der Waals surface area contributed by atoms with E-state index in [0.29, 0.717) is 11.4 Å². The largest absolute Gasteiger partial charge is 0.378 e. The molecule has 0 aromatic heterocycles. The van der Waals surface area contributed by atoms with Crippen molar-refractivity contribution in [1.82, 2.24) is 0 Å². The van der Waals surface area contributed by atoms with Gasteiger partial charge in [0.05, 0.1) is 6.10 Å². The first-order chi connectivity index (χ1) is 5.83. The lowest BCUT2D eigenvalue weighted by molar-refractivity contribution is 0.109. The molecule has 0 aromatic carbocycles. The van der Waals surface area contributed by atoms with Crippen LogP contribution < -0.4 is 0 Å². The molecule has 72 valence electrons. The highest BCUT2D eigenvalue weighted by molar-refractivity contribution is 7.99. The summed E-state index contributed by atoms with van der Waals surface area (Å²) in [5.74, 6) is 1.95. The van der Waals surface area contributed by atoms with Crippen LogP contribution in [-0.4, -0.2) is 29.6 Å². The molecule has 0 radical (unpaired) electrons. The zero-order chi connectivity index (χ0) is 8.81. The van der Waals surface area contributed by atoms with Gasteiger partial charge in [0.1, 0.15) is 0 Å². The maximum absolute atomic E-state index is 5.70. The van der Waals surface area contributed by atoms with Gasteiger partial charge in [-0.05, 0) is 25.0 Å². The van der Waals surface area contributed by atoms with Gasteiger partial charge in [-0.15, -0.1) is 11.6 Å². The topological polar surface area (TPSA) is 9.23 Å². The van der Waals surface area contributed by atoms with Crippen LogP contribution in [0.15, 0.2) is 0 Å².